The van der Waals surface area contributed by atoms with Gasteiger partial charge < -0.3 is 4.98 Å². The first kappa shape index (κ1) is 21.1. The average molecular weight is 344 g/mol. The zero-order chi connectivity index (χ0) is 16.6. The van der Waals surface area contributed by atoms with E-state index in [1.807, 2.05) is 0 Å². The summed E-state index contributed by atoms with van der Waals surface area (Å²) in [7, 11) is -0.120. The van der Waals surface area contributed by atoms with Crippen molar-refractivity contribution in [3.63, 3.8) is 0 Å². The molecule has 0 amide bonds. The number of rotatable bonds is 13. The molecule has 4 heteroatoms. The topological polar surface area (TPSA) is 41.5 Å². The molecule has 23 heavy (non-hydrogen) atoms. The molecule has 2 N–H and O–H groups in total. The molecule has 2 unspecified atom stereocenters. The van der Waals surface area contributed by atoms with Crippen molar-refractivity contribution in [2.75, 3.05) is 13.2 Å². The van der Waals surface area contributed by atoms with Crippen molar-refractivity contribution in [1.29, 1.82) is 0 Å². The first-order valence-corrected chi connectivity index (χ1v) is 11.9. The van der Waals surface area contributed by atoms with Gasteiger partial charge in [-0.2, -0.15) is 0 Å². The third kappa shape index (κ3) is 11.3. The van der Waals surface area contributed by atoms with Crippen LogP contribution in [0.25, 0.3) is 0 Å². The lowest BCUT2D eigenvalue weighted by molar-refractivity contribution is -0.243. The standard InChI is InChI=1S/C19H41NO2Si/c1-2-3-4-5-6-7-9-13-18(14-12-17-22-21)19-15-10-8-11-16-20-23-19/h18-21H,2-17,23H2,1H3. The van der Waals surface area contributed by atoms with Crippen LogP contribution in [0.15, 0.2) is 0 Å². The summed E-state index contributed by atoms with van der Waals surface area (Å²) < 4.78 is 0. The summed E-state index contributed by atoms with van der Waals surface area (Å²) in [5.74, 6) is 0.873. The van der Waals surface area contributed by atoms with Gasteiger partial charge in [0.05, 0.1) is 16.3 Å². The Hall–Kier alpha value is 0.0969. The summed E-state index contributed by atoms with van der Waals surface area (Å²) in [6, 6.07) is 0. The molecular weight excluding hydrogens is 302 g/mol. The third-order valence-corrected chi connectivity index (χ3v) is 7.73. The second-order valence-electron chi connectivity index (χ2n) is 7.46. The molecule has 0 bridgehead atoms. The molecule has 1 heterocycles. The number of nitrogens with one attached hydrogen (secondary N) is 1. The molecule has 0 radical (unpaired) electrons. The average Bonchev–Trinajstić information content (AvgIpc) is 2.52. The molecule has 2 atom stereocenters. The zero-order valence-electron chi connectivity index (χ0n) is 15.5. The van der Waals surface area contributed by atoms with Gasteiger partial charge in [-0.05, 0) is 37.3 Å². The van der Waals surface area contributed by atoms with Crippen LogP contribution in [0, 0.1) is 5.92 Å². The minimum Gasteiger partial charge on any atom is -0.342 e. The highest BCUT2D eigenvalue weighted by Crippen LogP contribution is 2.32. The maximum absolute atomic E-state index is 8.58. The van der Waals surface area contributed by atoms with Crippen molar-refractivity contribution in [3.8, 4) is 0 Å². The lowest BCUT2D eigenvalue weighted by Gasteiger charge is -2.29. The number of hydrogen-bond donors (Lipinski definition) is 2. The van der Waals surface area contributed by atoms with Crippen LogP contribution in [0.1, 0.15) is 96.8 Å². The van der Waals surface area contributed by atoms with Crippen molar-refractivity contribution in [2.45, 2.75) is 102 Å². The van der Waals surface area contributed by atoms with Gasteiger partial charge >= 0.3 is 0 Å². The highest BCUT2D eigenvalue weighted by Gasteiger charge is 2.22. The molecule has 0 aromatic carbocycles. The lowest BCUT2D eigenvalue weighted by atomic mass is 9.89. The molecule has 0 aliphatic carbocycles. The predicted molar refractivity (Wildman–Crippen MR) is 103 cm³/mol. The Morgan fingerprint density at radius 1 is 1.00 bits per heavy atom. The minimum atomic E-state index is -0.120. The Kier molecular flexibility index (Phi) is 14.4. The van der Waals surface area contributed by atoms with Gasteiger partial charge in [-0.3, -0.25) is 5.26 Å². The van der Waals surface area contributed by atoms with Crippen LogP contribution in [0.4, 0.5) is 0 Å². The fraction of sp³-hybridized carbons (Fsp3) is 1.00. The molecule has 1 aliphatic heterocycles. The number of hydrogen-bond acceptors (Lipinski definition) is 3. The molecule has 1 fully saturated rings. The molecule has 1 rings (SSSR count). The second-order valence-corrected chi connectivity index (χ2v) is 9.42. The summed E-state index contributed by atoms with van der Waals surface area (Å²) in [5.41, 5.74) is 0.967. The zero-order valence-corrected chi connectivity index (χ0v) is 16.9. The van der Waals surface area contributed by atoms with Crippen molar-refractivity contribution in [2.24, 2.45) is 5.92 Å². The molecule has 138 valence electrons. The Bertz CT molecular complexity index is 246. The van der Waals surface area contributed by atoms with E-state index in [9.17, 15) is 0 Å². The van der Waals surface area contributed by atoms with E-state index in [0.717, 1.165) is 17.9 Å². The van der Waals surface area contributed by atoms with Gasteiger partial charge in [-0.15, -0.1) is 0 Å². The van der Waals surface area contributed by atoms with Gasteiger partial charge in [0.1, 0.15) is 0 Å². The summed E-state index contributed by atoms with van der Waals surface area (Å²) in [4.78, 5) is 8.09. The van der Waals surface area contributed by atoms with E-state index in [-0.39, 0.29) is 9.68 Å². The van der Waals surface area contributed by atoms with Crippen LogP contribution in [0.3, 0.4) is 0 Å². The highest BCUT2D eigenvalue weighted by molar-refractivity contribution is 6.34. The van der Waals surface area contributed by atoms with Gasteiger partial charge in [-0.1, -0.05) is 77.6 Å². The molecule has 0 saturated carbocycles. The van der Waals surface area contributed by atoms with Gasteiger partial charge in [0.25, 0.3) is 0 Å². The van der Waals surface area contributed by atoms with Crippen molar-refractivity contribution in [1.82, 2.24) is 4.98 Å². The molecule has 1 saturated heterocycles. The van der Waals surface area contributed by atoms with Crippen molar-refractivity contribution < 1.29 is 10.1 Å². The van der Waals surface area contributed by atoms with Crippen LogP contribution in [-0.2, 0) is 4.89 Å². The predicted octanol–water partition coefficient (Wildman–Crippen LogP) is 5.05. The Balaban J connectivity index is 2.26. The van der Waals surface area contributed by atoms with E-state index in [0.29, 0.717) is 6.61 Å². The summed E-state index contributed by atoms with van der Waals surface area (Å²) in [5, 5.41) is 8.58. The summed E-state index contributed by atoms with van der Waals surface area (Å²) in [6.45, 7) is 4.05. The summed E-state index contributed by atoms with van der Waals surface area (Å²) in [6.07, 6.45) is 19.2. The minimum absolute atomic E-state index is 0.120. The molecule has 0 aromatic rings. The van der Waals surface area contributed by atoms with Crippen LogP contribution in [0.2, 0.25) is 5.54 Å². The number of unbranched alkanes of at least 4 members (excludes halogenated alkanes) is 6. The van der Waals surface area contributed by atoms with Gasteiger partial charge in [0, 0.05) is 0 Å². The largest absolute Gasteiger partial charge is 0.342 e. The fourth-order valence-electron chi connectivity index (χ4n) is 4.01. The van der Waals surface area contributed by atoms with Crippen molar-refractivity contribution >= 4 is 9.68 Å². The highest BCUT2D eigenvalue weighted by atomic mass is 28.2. The van der Waals surface area contributed by atoms with E-state index >= 15 is 0 Å². The van der Waals surface area contributed by atoms with Gasteiger partial charge in [0.15, 0.2) is 0 Å². The third-order valence-electron chi connectivity index (χ3n) is 5.49. The van der Waals surface area contributed by atoms with Crippen LogP contribution in [-0.4, -0.2) is 28.1 Å². The van der Waals surface area contributed by atoms with Crippen LogP contribution < -0.4 is 4.98 Å². The van der Waals surface area contributed by atoms with E-state index in [1.165, 1.54) is 90.0 Å². The first-order chi connectivity index (χ1) is 11.4. The molecular formula is C19H41NO2Si. The van der Waals surface area contributed by atoms with Crippen molar-refractivity contribution in [3.05, 3.63) is 0 Å². The normalized spacial score (nSPS) is 21.9. The maximum Gasteiger partial charge on any atom is 0.0950 e. The van der Waals surface area contributed by atoms with E-state index in [4.69, 9.17) is 5.26 Å². The first-order valence-electron chi connectivity index (χ1n) is 10.4. The second kappa shape index (κ2) is 15.6. The SMILES string of the molecule is CCCCCCCCCC(CCCOO)C1CCCCCN[SiH2]1. The van der Waals surface area contributed by atoms with Gasteiger partial charge in [-0.25, -0.2) is 4.89 Å². The quantitative estimate of drug-likeness (QED) is 0.213. The van der Waals surface area contributed by atoms with Gasteiger partial charge in [0.2, 0.25) is 0 Å². The van der Waals surface area contributed by atoms with E-state index in [1.54, 1.807) is 0 Å². The van der Waals surface area contributed by atoms with Crippen LogP contribution in [0.5, 0.6) is 0 Å². The van der Waals surface area contributed by atoms with E-state index in [2.05, 4.69) is 16.8 Å². The Morgan fingerprint density at radius 3 is 2.52 bits per heavy atom. The Labute approximate surface area is 146 Å². The monoisotopic (exact) mass is 343 g/mol. The Morgan fingerprint density at radius 2 is 1.74 bits per heavy atom. The lowest BCUT2D eigenvalue weighted by Crippen LogP contribution is -2.30. The molecule has 0 aromatic heterocycles. The van der Waals surface area contributed by atoms with Crippen LogP contribution >= 0.6 is 0 Å². The molecule has 3 nitrogen and oxygen atoms in total. The molecule has 0 spiro atoms. The fourth-order valence-corrected chi connectivity index (χ4v) is 6.14. The van der Waals surface area contributed by atoms with E-state index < -0.39 is 0 Å². The molecule has 1 aliphatic rings. The maximum atomic E-state index is 8.58. The smallest absolute Gasteiger partial charge is 0.0950 e. The summed E-state index contributed by atoms with van der Waals surface area (Å²) >= 11 is 0.